The molecular weight excluding hydrogens is 373 g/mol. The van der Waals surface area contributed by atoms with Crippen LogP contribution in [0.15, 0.2) is 18.3 Å². The van der Waals surface area contributed by atoms with Gasteiger partial charge in [-0.2, -0.15) is 0 Å². The monoisotopic (exact) mass is 393 g/mol. The summed E-state index contributed by atoms with van der Waals surface area (Å²) in [7, 11) is -3.37. The third-order valence-corrected chi connectivity index (χ3v) is 7.08. The Morgan fingerprint density at radius 2 is 1.93 bits per heavy atom. The van der Waals surface area contributed by atoms with Crippen LogP contribution in [0.1, 0.15) is 18.5 Å². The minimum Gasteiger partial charge on any atom is -0.384 e. The molecule has 0 atom stereocenters. The van der Waals surface area contributed by atoms with Crippen LogP contribution in [-0.2, 0) is 19.3 Å². The maximum Gasteiger partial charge on any atom is 0.226 e. The van der Waals surface area contributed by atoms with Gasteiger partial charge in [0, 0.05) is 31.6 Å². The Hall–Kier alpha value is -2.33. The number of anilines is 2. The molecule has 1 aliphatic heterocycles. The van der Waals surface area contributed by atoms with Crippen molar-refractivity contribution in [2.45, 2.75) is 17.6 Å². The number of morpholine rings is 1. The average Bonchev–Trinajstić information content (AvgIpc) is 3.44. The van der Waals surface area contributed by atoms with Crippen LogP contribution in [0.4, 0.5) is 16.2 Å². The van der Waals surface area contributed by atoms with Crippen LogP contribution < -0.4 is 10.6 Å². The molecular formula is C17H20FN5O3S. The Morgan fingerprint density at radius 1 is 1.22 bits per heavy atom. The fourth-order valence-corrected chi connectivity index (χ4v) is 4.60. The van der Waals surface area contributed by atoms with Crippen molar-refractivity contribution < 1.29 is 17.5 Å². The number of hydrogen-bond acceptors (Lipinski definition) is 8. The molecule has 2 fully saturated rings. The number of ether oxygens (including phenoxy) is 1. The number of sulfone groups is 1. The fourth-order valence-electron chi connectivity index (χ4n) is 3.28. The van der Waals surface area contributed by atoms with E-state index < -0.39 is 20.4 Å². The summed E-state index contributed by atoms with van der Waals surface area (Å²) in [4.78, 5) is 14.9. The first kappa shape index (κ1) is 18.1. The molecule has 1 saturated carbocycles. The SMILES string of the molecule is CS(=O)(=O)C1(c2cc(-c3cnc(N)cc3F)nc(N3CCOCC3)n2)CC1. The normalized spacial score (nSPS) is 19.1. The summed E-state index contributed by atoms with van der Waals surface area (Å²) in [6, 6.07) is 2.67. The predicted molar refractivity (Wildman–Crippen MR) is 98.4 cm³/mol. The third kappa shape index (κ3) is 3.23. The summed E-state index contributed by atoms with van der Waals surface area (Å²) in [5.41, 5.74) is 6.38. The number of nitrogens with two attached hydrogens (primary N) is 1. The molecule has 0 unspecified atom stereocenters. The summed E-state index contributed by atoms with van der Waals surface area (Å²) < 4.78 is 43.5. The topological polar surface area (TPSA) is 111 Å². The Kier molecular flexibility index (Phi) is 4.26. The quantitative estimate of drug-likeness (QED) is 0.823. The Morgan fingerprint density at radius 3 is 2.52 bits per heavy atom. The van der Waals surface area contributed by atoms with E-state index in [1.54, 1.807) is 6.07 Å². The molecule has 3 heterocycles. The van der Waals surface area contributed by atoms with Crippen LogP contribution >= 0.6 is 0 Å². The molecule has 1 aliphatic carbocycles. The molecule has 2 aliphatic rings. The second-order valence-electron chi connectivity index (χ2n) is 6.89. The van der Waals surface area contributed by atoms with Gasteiger partial charge in [-0.25, -0.2) is 27.8 Å². The zero-order valence-corrected chi connectivity index (χ0v) is 15.7. The molecule has 1 saturated heterocycles. The molecule has 0 amide bonds. The van der Waals surface area contributed by atoms with Gasteiger partial charge < -0.3 is 15.4 Å². The maximum atomic E-state index is 14.5. The van der Waals surface area contributed by atoms with Crippen LogP contribution in [0.25, 0.3) is 11.3 Å². The lowest BCUT2D eigenvalue weighted by Crippen LogP contribution is -2.38. The second kappa shape index (κ2) is 6.38. The van der Waals surface area contributed by atoms with E-state index in [1.165, 1.54) is 12.5 Å². The first-order chi connectivity index (χ1) is 12.8. The number of aromatic nitrogens is 3. The highest BCUT2D eigenvalue weighted by Crippen LogP contribution is 2.52. The van der Waals surface area contributed by atoms with Gasteiger partial charge in [0.1, 0.15) is 16.4 Å². The van der Waals surface area contributed by atoms with E-state index in [2.05, 4.69) is 15.0 Å². The predicted octanol–water partition coefficient (Wildman–Crippen LogP) is 1.13. The summed E-state index contributed by atoms with van der Waals surface area (Å²) in [5, 5.41) is 0. The van der Waals surface area contributed by atoms with E-state index >= 15 is 0 Å². The van der Waals surface area contributed by atoms with Gasteiger partial charge >= 0.3 is 0 Å². The molecule has 2 N–H and O–H groups in total. The molecule has 10 heteroatoms. The first-order valence-electron chi connectivity index (χ1n) is 8.63. The highest BCUT2D eigenvalue weighted by molar-refractivity contribution is 7.91. The van der Waals surface area contributed by atoms with Crippen molar-refractivity contribution in [2.24, 2.45) is 0 Å². The lowest BCUT2D eigenvalue weighted by Gasteiger charge is -2.28. The van der Waals surface area contributed by atoms with Crippen molar-refractivity contribution in [2.75, 3.05) is 43.2 Å². The van der Waals surface area contributed by atoms with E-state index in [0.717, 1.165) is 6.07 Å². The first-order valence-corrected chi connectivity index (χ1v) is 10.5. The van der Waals surface area contributed by atoms with E-state index in [9.17, 15) is 12.8 Å². The van der Waals surface area contributed by atoms with E-state index in [0.29, 0.717) is 56.5 Å². The smallest absolute Gasteiger partial charge is 0.226 e. The van der Waals surface area contributed by atoms with Gasteiger partial charge in [0.05, 0.1) is 30.2 Å². The zero-order chi connectivity index (χ0) is 19.2. The standard InChI is InChI=1S/C17H20FN5O3S/c1-27(24,25)17(2-3-17)14-9-13(11-10-20-15(19)8-12(11)18)21-16(22-14)23-4-6-26-7-5-23/h8-10H,2-7H2,1H3,(H2,19,20). The second-order valence-corrected chi connectivity index (χ2v) is 9.22. The van der Waals surface area contributed by atoms with Gasteiger partial charge in [0.2, 0.25) is 5.95 Å². The lowest BCUT2D eigenvalue weighted by atomic mass is 10.1. The van der Waals surface area contributed by atoms with E-state index in [1.807, 2.05) is 4.90 Å². The number of nitrogen functional groups attached to an aromatic ring is 1. The Balaban J connectivity index is 1.87. The number of hydrogen-bond donors (Lipinski definition) is 1. The van der Waals surface area contributed by atoms with Crippen LogP contribution in [0.2, 0.25) is 0 Å². The molecule has 0 bridgehead atoms. The van der Waals surface area contributed by atoms with Crippen molar-refractivity contribution >= 4 is 21.6 Å². The Bertz CT molecular complexity index is 988. The summed E-state index contributed by atoms with van der Waals surface area (Å²) in [6.45, 7) is 2.21. The van der Waals surface area contributed by atoms with Gasteiger partial charge in [0.25, 0.3) is 0 Å². The highest BCUT2D eigenvalue weighted by atomic mass is 32.2. The van der Waals surface area contributed by atoms with Crippen molar-refractivity contribution in [3.63, 3.8) is 0 Å². The number of nitrogens with zero attached hydrogens (tertiary/aromatic N) is 4. The van der Waals surface area contributed by atoms with Crippen molar-refractivity contribution in [1.29, 1.82) is 0 Å². The molecule has 4 rings (SSSR count). The molecule has 27 heavy (non-hydrogen) atoms. The minimum atomic E-state index is -3.37. The number of halogens is 1. The number of pyridine rings is 1. The van der Waals surface area contributed by atoms with Crippen molar-refractivity contribution in [3.05, 3.63) is 29.8 Å². The largest absolute Gasteiger partial charge is 0.384 e. The zero-order valence-electron chi connectivity index (χ0n) is 14.9. The van der Waals surface area contributed by atoms with Crippen LogP contribution in [0, 0.1) is 5.82 Å². The van der Waals surface area contributed by atoms with Gasteiger partial charge in [0.15, 0.2) is 9.84 Å². The number of rotatable bonds is 4. The van der Waals surface area contributed by atoms with E-state index in [4.69, 9.17) is 10.5 Å². The maximum absolute atomic E-state index is 14.5. The average molecular weight is 393 g/mol. The molecule has 0 aromatic carbocycles. The van der Waals surface area contributed by atoms with Crippen LogP contribution in [-0.4, -0.2) is 55.9 Å². The lowest BCUT2D eigenvalue weighted by molar-refractivity contribution is 0.122. The molecule has 144 valence electrons. The van der Waals surface area contributed by atoms with Gasteiger partial charge in [-0.1, -0.05) is 0 Å². The van der Waals surface area contributed by atoms with Crippen molar-refractivity contribution in [1.82, 2.24) is 15.0 Å². The molecule has 0 spiro atoms. The Labute approximate surface area is 156 Å². The molecule has 2 aromatic rings. The van der Waals surface area contributed by atoms with Crippen LogP contribution in [0.3, 0.4) is 0 Å². The van der Waals surface area contributed by atoms with E-state index in [-0.39, 0.29) is 11.4 Å². The molecule has 8 nitrogen and oxygen atoms in total. The summed E-state index contributed by atoms with van der Waals surface area (Å²) in [6.07, 6.45) is 3.50. The highest BCUT2D eigenvalue weighted by Gasteiger charge is 2.55. The van der Waals surface area contributed by atoms with Crippen LogP contribution in [0.5, 0.6) is 0 Å². The van der Waals surface area contributed by atoms with Gasteiger partial charge in [-0.15, -0.1) is 0 Å². The van der Waals surface area contributed by atoms with Crippen molar-refractivity contribution in [3.8, 4) is 11.3 Å². The summed E-state index contributed by atoms with van der Waals surface area (Å²) in [5.74, 6) is -0.130. The molecule has 2 aromatic heterocycles. The molecule has 0 radical (unpaired) electrons. The van der Waals surface area contributed by atoms with Gasteiger partial charge in [-0.3, -0.25) is 0 Å². The van der Waals surface area contributed by atoms with Gasteiger partial charge in [-0.05, 0) is 18.9 Å². The summed E-state index contributed by atoms with van der Waals surface area (Å²) >= 11 is 0. The fraction of sp³-hybridized carbons (Fsp3) is 0.471. The minimum absolute atomic E-state index is 0.0636. The third-order valence-electron chi connectivity index (χ3n) is 5.04.